The fraction of sp³-hybridized carbons (Fsp3) is 0.381. The molecule has 1 aliphatic rings. The van der Waals surface area contributed by atoms with E-state index in [2.05, 4.69) is 10.2 Å². The van der Waals surface area contributed by atoms with Crippen molar-refractivity contribution in [3.8, 4) is 5.75 Å². The van der Waals surface area contributed by atoms with E-state index in [1.54, 1.807) is 19.2 Å². The molecule has 6 nitrogen and oxygen atoms in total. The smallest absolute Gasteiger partial charge is 0.322 e. The molecule has 1 saturated heterocycles. The lowest BCUT2D eigenvalue weighted by molar-refractivity contribution is 0.0349. The quantitative estimate of drug-likeness (QED) is 0.765. The zero-order valence-corrected chi connectivity index (χ0v) is 16.8. The third kappa shape index (κ3) is 6.12. The van der Waals surface area contributed by atoms with Gasteiger partial charge >= 0.3 is 6.03 Å². The minimum atomic E-state index is -0.147. The Bertz CT molecular complexity index is 764. The molecule has 0 atom stereocenters. The maximum atomic E-state index is 12.9. The summed E-state index contributed by atoms with van der Waals surface area (Å²) >= 11 is 6.03. The number of nitrogens with zero attached hydrogens (tertiary/aromatic N) is 2. The predicted octanol–water partition coefficient (Wildman–Crippen LogP) is 3.71. The van der Waals surface area contributed by atoms with Crippen LogP contribution in [0.1, 0.15) is 5.56 Å². The number of carbonyl (C=O) groups is 1. The number of rotatable bonds is 7. The second-order valence-electron chi connectivity index (χ2n) is 6.66. The molecular formula is C21H26ClN3O3. The average molecular weight is 404 g/mol. The largest absolute Gasteiger partial charge is 0.497 e. The van der Waals surface area contributed by atoms with Crippen LogP contribution in [0.2, 0.25) is 5.02 Å². The summed E-state index contributed by atoms with van der Waals surface area (Å²) in [6.45, 7) is 5.22. The number of nitrogens with one attached hydrogen (secondary N) is 1. The molecule has 0 unspecified atom stereocenters. The van der Waals surface area contributed by atoms with E-state index in [-0.39, 0.29) is 6.03 Å². The number of ether oxygens (including phenoxy) is 2. The van der Waals surface area contributed by atoms with E-state index < -0.39 is 0 Å². The lowest BCUT2D eigenvalue weighted by Gasteiger charge is -2.30. The van der Waals surface area contributed by atoms with Crippen LogP contribution in [0.15, 0.2) is 48.5 Å². The molecule has 0 aliphatic carbocycles. The Balaban J connectivity index is 1.67. The molecule has 0 radical (unpaired) electrons. The maximum absolute atomic E-state index is 12.9. The van der Waals surface area contributed by atoms with Crippen LogP contribution < -0.4 is 10.1 Å². The molecule has 0 saturated carbocycles. The minimum Gasteiger partial charge on any atom is -0.497 e. The van der Waals surface area contributed by atoms with Crippen LogP contribution in [0.25, 0.3) is 0 Å². The lowest BCUT2D eigenvalue weighted by atomic mass is 10.2. The summed E-state index contributed by atoms with van der Waals surface area (Å²) < 4.78 is 10.6. The summed E-state index contributed by atoms with van der Waals surface area (Å²) in [5.41, 5.74) is 1.73. The van der Waals surface area contributed by atoms with Crippen LogP contribution in [0.5, 0.6) is 5.75 Å². The van der Waals surface area contributed by atoms with Gasteiger partial charge in [0.05, 0.1) is 20.3 Å². The average Bonchev–Trinajstić information content (AvgIpc) is 2.72. The van der Waals surface area contributed by atoms with E-state index in [0.717, 1.165) is 44.2 Å². The van der Waals surface area contributed by atoms with Gasteiger partial charge in [0.1, 0.15) is 5.75 Å². The lowest BCUT2D eigenvalue weighted by Crippen LogP contribution is -2.44. The van der Waals surface area contributed by atoms with E-state index >= 15 is 0 Å². The van der Waals surface area contributed by atoms with Gasteiger partial charge in [0.15, 0.2) is 0 Å². The molecule has 1 aliphatic heterocycles. The third-order valence-corrected chi connectivity index (χ3v) is 4.92. The van der Waals surface area contributed by atoms with Crippen molar-refractivity contribution in [3.05, 3.63) is 59.1 Å². The van der Waals surface area contributed by atoms with Crippen LogP contribution in [-0.4, -0.2) is 62.3 Å². The normalized spacial score (nSPS) is 14.5. The van der Waals surface area contributed by atoms with Crippen LogP contribution in [0.3, 0.4) is 0 Å². The molecule has 0 aromatic heterocycles. The molecule has 1 fully saturated rings. The monoisotopic (exact) mass is 403 g/mol. The van der Waals surface area contributed by atoms with E-state index in [1.807, 2.05) is 41.3 Å². The van der Waals surface area contributed by atoms with Gasteiger partial charge in [0.2, 0.25) is 0 Å². The van der Waals surface area contributed by atoms with Crippen LogP contribution in [0, 0.1) is 0 Å². The number of urea groups is 1. The third-order valence-electron chi connectivity index (χ3n) is 4.69. The number of amides is 2. The summed E-state index contributed by atoms with van der Waals surface area (Å²) in [6.07, 6.45) is 0. The van der Waals surface area contributed by atoms with Gasteiger partial charge < -0.3 is 19.7 Å². The zero-order chi connectivity index (χ0) is 19.8. The molecular weight excluding hydrogens is 378 g/mol. The number of anilines is 1. The molecule has 28 heavy (non-hydrogen) atoms. The minimum absolute atomic E-state index is 0.147. The summed E-state index contributed by atoms with van der Waals surface area (Å²) in [7, 11) is 1.64. The van der Waals surface area contributed by atoms with E-state index in [4.69, 9.17) is 21.1 Å². The van der Waals surface area contributed by atoms with Crippen molar-refractivity contribution in [2.75, 3.05) is 51.8 Å². The SMILES string of the molecule is COc1ccc(CN(CCN2CCOCC2)C(=O)Nc2cccc(Cl)c2)cc1. The predicted molar refractivity (Wildman–Crippen MR) is 111 cm³/mol. The number of methoxy groups -OCH3 is 1. The molecule has 1 heterocycles. The zero-order valence-electron chi connectivity index (χ0n) is 16.1. The maximum Gasteiger partial charge on any atom is 0.322 e. The first-order valence-electron chi connectivity index (χ1n) is 9.38. The van der Waals surface area contributed by atoms with E-state index in [1.165, 1.54) is 0 Å². The molecule has 3 rings (SSSR count). The Kier molecular flexibility index (Phi) is 7.54. The van der Waals surface area contributed by atoms with Crippen molar-refractivity contribution in [1.82, 2.24) is 9.80 Å². The van der Waals surface area contributed by atoms with Gasteiger partial charge in [-0.2, -0.15) is 0 Å². The van der Waals surface area contributed by atoms with Crippen molar-refractivity contribution in [2.45, 2.75) is 6.54 Å². The van der Waals surface area contributed by atoms with Crippen molar-refractivity contribution in [1.29, 1.82) is 0 Å². The highest BCUT2D eigenvalue weighted by molar-refractivity contribution is 6.30. The summed E-state index contributed by atoms with van der Waals surface area (Å²) in [5.74, 6) is 0.798. The highest BCUT2D eigenvalue weighted by Crippen LogP contribution is 2.17. The molecule has 2 aromatic carbocycles. The second-order valence-corrected chi connectivity index (χ2v) is 7.10. The Labute approximate surface area is 171 Å². The first-order valence-corrected chi connectivity index (χ1v) is 9.76. The van der Waals surface area contributed by atoms with Gasteiger partial charge in [-0.3, -0.25) is 4.90 Å². The first-order chi connectivity index (χ1) is 13.6. The van der Waals surface area contributed by atoms with Gasteiger partial charge in [0.25, 0.3) is 0 Å². The van der Waals surface area contributed by atoms with Gasteiger partial charge in [-0.15, -0.1) is 0 Å². The molecule has 150 valence electrons. The fourth-order valence-corrected chi connectivity index (χ4v) is 3.25. The summed E-state index contributed by atoms with van der Waals surface area (Å²) in [5, 5.41) is 3.54. The highest BCUT2D eigenvalue weighted by Gasteiger charge is 2.17. The topological polar surface area (TPSA) is 54.0 Å². The van der Waals surface area contributed by atoms with Crippen LogP contribution in [-0.2, 0) is 11.3 Å². The van der Waals surface area contributed by atoms with Gasteiger partial charge in [-0.1, -0.05) is 29.8 Å². The standard InChI is InChI=1S/C21H26ClN3O3/c1-27-20-7-5-17(6-8-20)16-25(10-9-24-11-13-28-14-12-24)21(26)23-19-4-2-3-18(22)15-19/h2-8,15H,9-14,16H2,1H3,(H,23,26). The summed E-state index contributed by atoms with van der Waals surface area (Å²) in [4.78, 5) is 17.1. The van der Waals surface area contributed by atoms with Gasteiger partial charge in [-0.25, -0.2) is 4.79 Å². The highest BCUT2D eigenvalue weighted by atomic mass is 35.5. The van der Waals surface area contributed by atoms with Crippen molar-refractivity contribution in [3.63, 3.8) is 0 Å². The fourth-order valence-electron chi connectivity index (χ4n) is 3.06. The number of morpholine rings is 1. The molecule has 0 spiro atoms. The van der Waals surface area contributed by atoms with E-state index in [9.17, 15) is 4.79 Å². The number of hydrogen-bond acceptors (Lipinski definition) is 4. The Hall–Kier alpha value is -2.28. The molecule has 1 N–H and O–H groups in total. The van der Waals surface area contributed by atoms with Crippen molar-refractivity contribution >= 4 is 23.3 Å². The van der Waals surface area contributed by atoms with Gasteiger partial charge in [0, 0.05) is 43.4 Å². The number of hydrogen-bond donors (Lipinski definition) is 1. The number of halogens is 1. The Morgan fingerprint density at radius 2 is 1.96 bits per heavy atom. The second kappa shape index (κ2) is 10.3. The molecule has 2 amide bonds. The van der Waals surface area contributed by atoms with E-state index in [0.29, 0.717) is 23.8 Å². The molecule has 7 heteroatoms. The molecule has 0 bridgehead atoms. The van der Waals surface area contributed by atoms with Crippen LogP contribution in [0.4, 0.5) is 10.5 Å². The van der Waals surface area contributed by atoms with Gasteiger partial charge in [-0.05, 0) is 35.9 Å². The first kappa shape index (κ1) is 20.5. The van der Waals surface area contributed by atoms with Crippen LogP contribution >= 0.6 is 11.6 Å². The molecule has 2 aromatic rings. The Morgan fingerprint density at radius 3 is 2.64 bits per heavy atom. The summed E-state index contributed by atoms with van der Waals surface area (Å²) in [6, 6.07) is 14.8. The number of benzene rings is 2. The Morgan fingerprint density at radius 1 is 1.21 bits per heavy atom. The van der Waals surface area contributed by atoms with Crippen molar-refractivity contribution in [2.24, 2.45) is 0 Å². The number of carbonyl (C=O) groups excluding carboxylic acids is 1. The van der Waals surface area contributed by atoms with Crippen molar-refractivity contribution < 1.29 is 14.3 Å².